The highest BCUT2D eigenvalue weighted by Gasteiger charge is 2.19. The molecule has 0 atom stereocenters. The molecule has 6 heteroatoms. The van der Waals surface area contributed by atoms with Crippen molar-refractivity contribution in [1.29, 1.82) is 0 Å². The highest BCUT2D eigenvalue weighted by atomic mass is 16.5. The van der Waals surface area contributed by atoms with Crippen LogP contribution in [0.4, 0.5) is 0 Å². The van der Waals surface area contributed by atoms with Gasteiger partial charge in [0, 0.05) is 43.9 Å². The van der Waals surface area contributed by atoms with Gasteiger partial charge in [-0.05, 0) is 71.0 Å². The van der Waals surface area contributed by atoms with Crippen LogP contribution in [0.5, 0.6) is 5.75 Å². The molecule has 0 radical (unpaired) electrons. The van der Waals surface area contributed by atoms with E-state index in [0.717, 1.165) is 34.4 Å². The Labute approximate surface area is 225 Å². The van der Waals surface area contributed by atoms with E-state index in [0.29, 0.717) is 50.6 Å². The highest BCUT2D eigenvalue weighted by Crippen LogP contribution is 2.30. The van der Waals surface area contributed by atoms with Gasteiger partial charge < -0.3 is 15.0 Å². The van der Waals surface area contributed by atoms with Crippen molar-refractivity contribution in [3.05, 3.63) is 83.7 Å². The topological polar surface area (TPSA) is 71.5 Å². The summed E-state index contributed by atoms with van der Waals surface area (Å²) >= 11 is 0. The molecule has 0 saturated heterocycles. The monoisotopic (exact) mass is 511 g/mol. The van der Waals surface area contributed by atoms with Crippen molar-refractivity contribution >= 4 is 11.8 Å². The Morgan fingerprint density at radius 1 is 0.947 bits per heavy atom. The predicted octanol–water partition coefficient (Wildman–Crippen LogP) is 5.65. The van der Waals surface area contributed by atoms with Crippen LogP contribution in [0.15, 0.2) is 67.0 Å². The van der Waals surface area contributed by atoms with Crippen molar-refractivity contribution in [3.63, 3.8) is 0 Å². The third-order valence-corrected chi connectivity index (χ3v) is 7.79. The zero-order valence-corrected chi connectivity index (χ0v) is 22.0. The Balaban J connectivity index is 1.36. The van der Waals surface area contributed by atoms with Crippen LogP contribution in [0, 0.1) is 5.92 Å². The third-order valence-electron chi connectivity index (χ3n) is 7.79. The summed E-state index contributed by atoms with van der Waals surface area (Å²) in [6.45, 7) is 1.80. The van der Waals surface area contributed by atoms with E-state index in [1.54, 1.807) is 12.4 Å². The molecular weight excluding hydrogens is 474 g/mol. The maximum atomic E-state index is 13.2. The van der Waals surface area contributed by atoms with Gasteiger partial charge in [-0.3, -0.25) is 14.6 Å². The number of hydrogen-bond acceptors (Lipinski definition) is 4. The number of hydrogen-bond donors (Lipinski definition) is 1. The molecule has 0 unspecified atom stereocenters. The van der Waals surface area contributed by atoms with Crippen LogP contribution >= 0.6 is 0 Å². The van der Waals surface area contributed by atoms with Crippen molar-refractivity contribution in [2.45, 2.75) is 51.4 Å². The molecular formula is C32H37N3O3. The zero-order chi connectivity index (χ0) is 26.2. The Kier molecular flexibility index (Phi) is 8.69. The number of nitrogens with zero attached hydrogens (tertiary/aromatic N) is 2. The molecule has 2 aromatic carbocycles. The van der Waals surface area contributed by atoms with Crippen LogP contribution in [0.25, 0.3) is 11.1 Å². The molecule has 2 aliphatic rings. The largest absolute Gasteiger partial charge is 0.491 e. The standard InChI is InChI=1S/C32H37N3O3/c36-31(12-9-24-5-2-1-3-6-24)35-18-17-34-32(37)28-8-4-7-25(21-28)22-29-23-27(26-13-15-33-16-14-26)10-11-30(29)38-20-19-35/h4,7-8,10-11,13-16,21,23-24H,1-3,5-6,9,12,17-20,22H2,(H,34,37). The number of carbonyl (C=O) groups is 2. The number of benzene rings is 2. The van der Waals surface area contributed by atoms with Crippen LogP contribution in [0.3, 0.4) is 0 Å². The van der Waals surface area contributed by atoms with E-state index in [-0.39, 0.29) is 11.8 Å². The summed E-state index contributed by atoms with van der Waals surface area (Å²) in [7, 11) is 0. The average molecular weight is 512 g/mol. The molecule has 3 aromatic rings. The van der Waals surface area contributed by atoms with Gasteiger partial charge in [0.25, 0.3) is 5.91 Å². The van der Waals surface area contributed by atoms with Gasteiger partial charge >= 0.3 is 0 Å². The fraction of sp³-hybridized carbons (Fsp3) is 0.406. The minimum Gasteiger partial charge on any atom is -0.491 e. The molecule has 2 amide bonds. The first-order chi connectivity index (χ1) is 18.7. The maximum absolute atomic E-state index is 13.2. The molecule has 198 valence electrons. The van der Waals surface area contributed by atoms with E-state index in [4.69, 9.17) is 4.74 Å². The van der Waals surface area contributed by atoms with Gasteiger partial charge in [-0.2, -0.15) is 0 Å². The molecule has 1 saturated carbocycles. The molecule has 38 heavy (non-hydrogen) atoms. The number of ether oxygens (including phenoxy) is 1. The number of amides is 2. The minimum absolute atomic E-state index is 0.111. The van der Waals surface area contributed by atoms with E-state index < -0.39 is 0 Å². The Morgan fingerprint density at radius 2 is 1.79 bits per heavy atom. The van der Waals surface area contributed by atoms with E-state index in [1.165, 1.54) is 32.1 Å². The van der Waals surface area contributed by atoms with Crippen LogP contribution in [0.1, 0.15) is 66.4 Å². The number of fused-ring (bicyclic) bond motifs is 3. The number of nitrogens with one attached hydrogen (secondary N) is 1. The van der Waals surface area contributed by atoms with E-state index in [2.05, 4.69) is 22.4 Å². The van der Waals surface area contributed by atoms with Crippen molar-refractivity contribution in [2.75, 3.05) is 26.2 Å². The van der Waals surface area contributed by atoms with Gasteiger partial charge in [0.1, 0.15) is 12.4 Å². The lowest BCUT2D eigenvalue weighted by atomic mass is 9.86. The van der Waals surface area contributed by atoms with E-state index in [1.807, 2.05) is 47.4 Å². The number of aromatic nitrogens is 1. The maximum Gasteiger partial charge on any atom is 0.251 e. The van der Waals surface area contributed by atoms with Crippen LogP contribution < -0.4 is 10.1 Å². The highest BCUT2D eigenvalue weighted by molar-refractivity contribution is 5.94. The quantitative estimate of drug-likeness (QED) is 0.491. The average Bonchev–Trinajstić information content (AvgIpc) is 2.96. The summed E-state index contributed by atoms with van der Waals surface area (Å²) in [4.78, 5) is 32.1. The fourth-order valence-corrected chi connectivity index (χ4v) is 5.62. The van der Waals surface area contributed by atoms with Gasteiger partial charge in [-0.25, -0.2) is 0 Å². The van der Waals surface area contributed by atoms with Crippen molar-refractivity contribution < 1.29 is 14.3 Å². The number of rotatable bonds is 4. The van der Waals surface area contributed by atoms with Gasteiger partial charge in [-0.15, -0.1) is 0 Å². The SMILES string of the molecule is O=C1NCCN(C(=O)CCC2CCCCC2)CCOc2ccc(-c3ccncc3)cc2Cc2cccc1c2. The molecule has 1 aromatic heterocycles. The minimum atomic E-state index is -0.111. The van der Waals surface area contributed by atoms with E-state index in [9.17, 15) is 9.59 Å². The first-order valence-electron chi connectivity index (χ1n) is 14.0. The normalized spacial score (nSPS) is 17.1. The molecule has 5 rings (SSSR count). The second kappa shape index (κ2) is 12.7. The second-order valence-electron chi connectivity index (χ2n) is 10.5. The summed E-state index contributed by atoms with van der Waals surface area (Å²) < 4.78 is 6.30. The van der Waals surface area contributed by atoms with E-state index >= 15 is 0 Å². The van der Waals surface area contributed by atoms with Gasteiger partial charge in [-0.1, -0.05) is 50.3 Å². The van der Waals surface area contributed by atoms with Crippen LogP contribution in [-0.4, -0.2) is 47.9 Å². The van der Waals surface area contributed by atoms with Crippen molar-refractivity contribution in [3.8, 4) is 16.9 Å². The molecule has 6 nitrogen and oxygen atoms in total. The summed E-state index contributed by atoms with van der Waals surface area (Å²) in [6.07, 6.45) is 12.1. The van der Waals surface area contributed by atoms with Crippen molar-refractivity contribution in [2.24, 2.45) is 5.92 Å². The first-order valence-corrected chi connectivity index (χ1v) is 14.0. The Hall–Kier alpha value is -3.67. The lowest BCUT2D eigenvalue weighted by Gasteiger charge is -2.26. The number of pyridine rings is 1. The molecule has 1 aliphatic heterocycles. The summed E-state index contributed by atoms with van der Waals surface area (Å²) in [5, 5.41) is 3.01. The van der Waals surface area contributed by atoms with Gasteiger partial charge in [0.15, 0.2) is 0 Å². The molecule has 2 heterocycles. The fourth-order valence-electron chi connectivity index (χ4n) is 5.62. The summed E-state index contributed by atoms with van der Waals surface area (Å²) in [5.41, 5.74) is 4.90. The lowest BCUT2D eigenvalue weighted by Crippen LogP contribution is -2.41. The van der Waals surface area contributed by atoms with Crippen molar-refractivity contribution in [1.82, 2.24) is 15.2 Å². The zero-order valence-electron chi connectivity index (χ0n) is 22.0. The Morgan fingerprint density at radius 3 is 2.63 bits per heavy atom. The van der Waals surface area contributed by atoms with Crippen LogP contribution in [-0.2, 0) is 11.2 Å². The summed E-state index contributed by atoms with van der Waals surface area (Å²) in [5.74, 6) is 1.51. The molecule has 1 fully saturated rings. The molecule has 1 N–H and O–H groups in total. The molecule has 1 aliphatic carbocycles. The van der Waals surface area contributed by atoms with Crippen LogP contribution in [0.2, 0.25) is 0 Å². The molecule has 0 spiro atoms. The summed E-state index contributed by atoms with van der Waals surface area (Å²) in [6, 6.07) is 18.0. The van der Waals surface area contributed by atoms with Gasteiger partial charge in [0.2, 0.25) is 5.91 Å². The van der Waals surface area contributed by atoms with Gasteiger partial charge in [0.05, 0.1) is 6.54 Å². The third kappa shape index (κ3) is 6.80. The first kappa shape index (κ1) is 26.0. The smallest absolute Gasteiger partial charge is 0.251 e. The lowest BCUT2D eigenvalue weighted by molar-refractivity contribution is -0.131. The molecule has 2 bridgehead atoms. The predicted molar refractivity (Wildman–Crippen MR) is 149 cm³/mol. The Bertz CT molecular complexity index is 1240. The number of carbonyl (C=O) groups excluding carboxylic acids is 2. The second-order valence-corrected chi connectivity index (χ2v) is 10.5.